The van der Waals surface area contributed by atoms with Gasteiger partial charge in [-0.2, -0.15) is 23.4 Å². The zero-order valence-electron chi connectivity index (χ0n) is 13.8. The molecule has 0 aliphatic rings. The minimum atomic E-state index is -5.29. The van der Waals surface area contributed by atoms with Crippen LogP contribution in [0.2, 0.25) is 10.0 Å². The molecule has 0 aliphatic heterocycles. The number of halogens is 8. The molecule has 0 saturated heterocycles. The number of nitrogens with zero attached hydrogens (tertiary/aromatic N) is 4. The van der Waals surface area contributed by atoms with Crippen molar-refractivity contribution in [2.75, 3.05) is 7.11 Å². The molecule has 2 rings (SSSR count). The number of rotatable bonds is 4. The van der Waals surface area contributed by atoms with Crippen LogP contribution < -0.4 is 0 Å². The van der Waals surface area contributed by atoms with E-state index in [1.807, 2.05) is 0 Å². The average Bonchev–Trinajstić information content (AvgIpc) is 2.94. The quantitative estimate of drug-likeness (QED) is 0.267. The molecule has 0 spiro atoms. The van der Waals surface area contributed by atoms with Gasteiger partial charge in [-0.25, -0.2) is 4.68 Å². The topological polar surface area (TPSA) is 86.3 Å². The highest BCUT2D eigenvalue weighted by molar-refractivity contribution is 7.92. The SMILES string of the molecule is COC=Nc1c([S+]([O-])C(F)(F)F)c(C#N)nn1-c1c(Cl)cc(C(F)(F)F)cc1Cl. The van der Waals surface area contributed by atoms with Gasteiger partial charge in [0.1, 0.15) is 22.9 Å². The van der Waals surface area contributed by atoms with Gasteiger partial charge in [0.25, 0.3) is 0 Å². The summed E-state index contributed by atoms with van der Waals surface area (Å²) in [5.41, 5.74) is -7.97. The fourth-order valence-corrected chi connectivity index (χ4v) is 3.50. The van der Waals surface area contributed by atoms with Crippen molar-refractivity contribution in [2.24, 2.45) is 4.99 Å². The Labute approximate surface area is 171 Å². The van der Waals surface area contributed by atoms with Crippen molar-refractivity contribution < 1.29 is 35.6 Å². The number of methoxy groups -OCH3 is 1. The van der Waals surface area contributed by atoms with Crippen LogP contribution in [-0.4, -0.2) is 33.4 Å². The van der Waals surface area contributed by atoms with Crippen molar-refractivity contribution in [3.63, 3.8) is 0 Å². The molecular formula is C14H6Cl2F6N4O2S. The third kappa shape index (κ3) is 4.72. The Morgan fingerprint density at radius 2 is 1.79 bits per heavy atom. The number of benzene rings is 1. The van der Waals surface area contributed by atoms with Crippen molar-refractivity contribution in [1.29, 1.82) is 5.26 Å². The van der Waals surface area contributed by atoms with Crippen LogP contribution >= 0.6 is 23.2 Å². The van der Waals surface area contributed by atoms with Gasteiger partial charge in [-0.15, -0.1) is 18.3 Å². The molecule has 1 heterocycles. The lowest BCUT2D eigenvalue weighted by Gasteiger charge is -2.14. The molecule has 2 aromatic rings. The van der Waals surface area contributed by atoms with Crippen LogP contribution in [0.25, 0.3) is 5.69 Å². The Kier molecular flexibility index (Phi) is 6.63. The maximum absolute atomic E-state index is 13.0. The van der Waals surface area contributed by atoms with E-state index in [1.54, 1.807) is 0 Å². The molecule has 1 aromatic heterocycles. The van der Waals surface area contributed by atoms with Crippen LogP contribution in [0, 0.1) is 11.3 Å². The van der Waals surface area contributed by atoms with Crippen LogP contribution in [0.3, 0.4) is 0 Å². The first-order chi connectivity index (χ1) is 13.3. The van der Waals surface area contributed by atoms with E-state index in [0.717, 1.165) is 7.11 Å². The Morgan fingerprint density at radius 3 is 2.21 bits per heavy atom. The van der Waals surface area contributed by atoms with Gasteiger partial charge in [0.15, 0.2) is 6.40 Å². The van der Waals surface area contributed by atoms with E-state index in [0.29, 0.717) is 23.2 Å². The molecule has 156 valence electrons. The third-order valence-corrected chi connectivity index (χ3v) is 4.90. The molecule has 0 fully saturated rings. The summed E-state index contributed by atoms with van der Waals surface area (Å²) < 4.78 is 94.6. The molecule has 0 N–H and O–H groups in total. The molecule has 1 aromatic carbocycles. The Morgan fingerprint density at radius 1 is 1.24 bits per heavy atom. The highest BCUT2D eigenvalue weighted by atomic mass is 35.5. The lowest BCUT2D eigenvalue weighted by atomic mass is 10.2. The number of hydrogen-bond acceptors (Lipinski definition) is 5. The zero-order chi connectivity index (χ0) is 22.1. The third-order valence-electron chi connectivity index (χ3n) is 3.16. The van der Waals surface area contributed by atoms with E-state index in [4.69, 9.17) is 28.5 Å². The second-order valence-electron chi connectivity index (χ2n) is 5.00. The van der Waals surface area contributed by atoms with Crippen molar-refractivity contribution in [3.05, 3.63) is 33.4 Å². The largest absolute Gasteiger partial charge is 0.604 e. The standard InChI is InChI=1S/C14H6Cl2F6N4O2S/c1-28-5-24-12-11(29(27)14(20,21)22)9(4-23)25-26(12)10-7(15)2-6(3-8(10)16)13(17,18)19/h2-3,5H,1H3. The molecule has 15 heteroatoms. The lowest BCUT2D eigenvalue weighted by Crippen LogP contribution is -2.23. The van der Waals surface area contributed by atoms with Crippen molar-refractivity contribution in [3.8, 4) is 11.8 Å². The summed E-state index contributed by atoms with van der Waals surface area (Å²) in [6.07, 6.45) is -4.18. The van der Waals surface area contributed by atoms with Crippen LogP contribution in [0.5, 0.6) is 0 Å². The molecular weight excluding hydrogens is 473 g/mol. The van der Waals surface area contributed by atoms with Gasteiger partial charge in [-0.1, -0.05) is 23.2 Å². The van der Waals surface area contributed by atoms with Gasteiger partial charge in [0.2, 0.25) is 16.4 Å². The fraction of sp³-hybridized carbons (Fsp3) is 0.214. The molecule has 0 aliphatic carbocycles. The summed E-state index contributed by atoms with van der Waals surface area (Å²) in [6.45, 7) is 0. The first-order valence-electron chi connectivity index (χ1n) is 6.96. The predicted molar refractivity (Wildman–Crippen MR) is 90.9 cm³/mol. The Hall–Kier alpha value is -2.14. The van der Waals surface area contributed by atoms with Gasteiger partial charge < -0.3 is 9.29 Å². The summed E-state index contributed by atoms with van der Waals surface area (Å²) in [6, 6.07) is 2.24. The molecule has 1 unspecified atom stereocenters. The number of hydrogen-bond donors (Lipinski definition) is 0. The minimum absolute atomic E-state index is 0.459. The summed E-state index contributed by atoms with van der Waals surface area (Å²) in [7, 11) is 1.09. The maximum atomic E-state index is 13.0. The molecule has 0 bridgehead atoms. The number of alkyl halides is 6. The van der Waals surface area contributed by atoms with E-state index in [-0.39, 0.29) is 0 Å². The second kappa shape index (κ2) is 8.31. The number of ether oxygens (including phenoxy) is 1. The maximum Gasteiger partial charge on any atom is 0.578 e. The van der Waals surface area contributed by atoms with Crippen LogP contribution in [0.1, 0.15) is 11.3 Å². The summed E-state index contributed by atoms with van der Waals surface area (Å²) in [5.74, 6) is -0.817. The van der Waals surface area contributed by atoms with E-state index in [2.05, 4.69) is 14.8 Å². The first-order valence-corrected chi connectivity index (χ1v) is 8.87. The second-order valence-corrected chi connectivity index (χ2v) is 7.22. The normalized spacial score (nSPS) is 13.6. The van der Waals surface area contributed by atoms with E-state index < -0.39 is 60.6 Å². The van der Waals surface area contributed by atoms with Gasteiger partial charge in [0.05, 0.1) is 22.7 Å². The molecule has 0 saturated carbocycles. The molecule has 29 heavy (non-hydrogen) atoms. The Balaban J connectivity index is 2.86. The van der Waals surface area contributed by atoms with E-state index in [1.165, 1.54) is 6.07 Å². The van der Waals surface area contributed by atoms with Gasteiger partial charge in [-0.05, 0) is 12.1 Å². The van der Waals surface area contributed by atoms with E-state index in [9.17, 15) is 30.9 Å². The Bertz CT molecular complexity index is 977. The van der Waals surface area contributed by atoms with Crippen molar-refractivity contribution in [2.45, 2.75) is 16.6 Å². The number of nitriles is 1. The lowest BCUT2D eigenvalue weighted by molar-refractivity contribution is -0.137. The summed E-state index contributed by atoms with van der Waals surface area (Å²) in [4.78, 5) is 2.39. The monoisotopic (exact) mass is 478 g/mol. The van der Waals surface area contributed by atoms with Crippen LogP contribution in [0.15, 0.2) is 22.0 Å². The first kappa shape index (κ1) is 23.1. The summed E-state index contributed by atoms with van der Waals surface area (Å²) >= 11 is 7.94. The minimum Gasteiger partial charge on any atom is -0.604 e. The predicted octanol–water partition coefficient (Wildman–Crippen LogP) is 5.00. The highest BCUT2D eigenvalue weighted by Crippen LogP contribution is 2.42. The molecule has 0 radical (unpaired) electrons. The van der Waals surface area contributed by atoms with Gasteiger partial charge in [0, 0.05) is 0 Å². The highest BCUT2D eigenvalue weighted by Gasteiger charge is 2.50. The molecule has 6 nitrogen and oxygen atoms in total. The van der Waals surface area contributed by atoms with Crippen LogP contribution in [0.4, 0.5) is 32.2 Å². The molecule has 1 atom stereocenters. The van der Waals surface area contributed by atoms with Gasteiger partial charge >= 0.3 is 11.7 Å². The average molecular weight is 479 g/mol. The fourth-order valence-electron chi connectivity index (χ4n) is 2.06. The van der Waals surface area contributed by atoms with Crippen LogP contribution in [-0.2, 0) is 22.1 Å². The number of aliphatic imine (C=N–C) groups is 1. The van der Waals surface area contributed by atoms with Gasteiger partial charge in [-0.3, -0.25) is 0 Å². The van der Waals surface area contributed by atoms with Crippen molar-refractivity contribution in [1.82, 2.24) is 9.78 Å². The smallest absolute Gasteiger partial charge is 0.578 e. The van der Waals surface area contributed by atoms with E-state index >= 15 is 0 Å². The zero-order valence-corrected chi connectivity index (χ0v) is 16.1. The number of aromatic nitrogens is 2. The summed E-state index contributed by atoms with van der Waals surface area (Å²) in [5, 5.41) is 11.3. The molecule has 0 amide bonds. The van der Waals surface area contributed by atoms with Crippen molar-refractivity contribution >= 4 is 46.6 Å².